The number of urea groups is 1. The quantitative estimate of drug-likeness (QED) is 0.877. The van der Waals surface area contributed by atoms with E-state index in [0.29, 0.717) is 37.9 Å². The molecule has 0 bridgehead atoms. The maximum Gasteiger partial charge on any atom is 0.323 e. The lowest BCUT2D eigenvalue weighted by atomic mass is 10.3. The molecule has 23 heavy (non-hydrogen) atoms. The minimum atomic E-state index is -3.18. The van der Waals surface area contributed by atoms with Gasteiger partial charge in [0.15, 0.2) is 5.82 Å². The largest absolute Gasteiger partial charge is 0.323 e. The van der Waals surface area contributed by atoms with Crippen LogP contribution in [0.5, 0.6) is 0 Å². The first-order chi connectivity index (χ1) is 11.0. The van der Waals surface area contributed by atoms with E-state index in [0.717, 1.165) is 18.5 Å². The van der Waals surface area contributed by atoms with Crippen LogP contribution in [0, 0.1) is 0 Å². The van der Waals surface area contributed by atoms with Gasteiger partial charge in [0.25, 0.3) is 0 Å². The molecule has 1 N–H and O–H groups in total. The van der Waals surface area contributed by atoms with E-state index in [4.69, 9.17) is 0 Å². The molecule has 2 aliphatic rings. The molecule has 3 rings (SSSR count). The minimum absolute atomic E-state index is 0.0854. The first-order valence-electron chi connectivity index (χ1n) is 7.87. The monoisotopic (exact) mass is 339 g/mol. The third kappa shape index (κ3) is 3.78. The van der Waals surface area contributed by atoms with Gasteiger partial charge in [-0.25, -0.2) is 13.2 Å². The van der Waals surface area contributed by atoms with Crippen LogP contribution >= 0.6 is 0 Å². The van der Waals surface area contributed by atoms with Crippen molar-refractivity contribution >= 4 is 21.9 Å². The van der Waals surface area contributed by atoms with Crippen molar-refractivity contribution in [3.05, 3.63) is 17.8 Å². The van der Waals surface area contributed by atoms with Crippen molar-refractivity contribution in [1.29, 1.82) is 0 Å². The summed E-state index contributed by atoms with van der Waals surface area (Å²) in [5.41, 5.74) is 0.974. The van der Waals surface area contributed by atoms with Crippen LogP contribution in [-0.4, -0.2) is 65.8 Å². The van der Waals surface area contributed by atoms with Crippen molar-refractivity contribution in [1.82, 2.24) is 19.4 Å². The number of carbonyl (C=O) groups excluding carboxylic acids is 1. The first-order valence-corrected chi connectivity index (χ1v) is 9.48. The highest BCUT2D eigenvalue weighted by molar-refractivity contribution is 7.89. The lowest BCUT2D eigenvalue weighted by molar-refractivity contribution is 0.184. The van der Waals surface area contributed by atoms with Gasteiger partial charge in [-0.1, -0.05) is 0 Å². The van der Waals surface area contributed by atoms with Crippen LogP contribution in [-0.2, 0) is 10.0 Å². The first kappa shape index (κ1) is 16.1. The second kappa shape index (κ2) is 6.40. The predicted molar refractivity (Wildman–Crippen MR) is 85.6 cm³/mol. The van der Waals surface area contributed by atoms with Gasteiger partial charge in [0.2, 0.25) is 10.0 Å². The number of amides is 2. The fourth-order valence-corrected chi connectivity index (χ4v) is 3.63. The number of rotatable bonds is 4. The Hall–Kier alpha value is -1.74. The molecule has 0 radical (unpaired) electrons. The number of piperazine rings is 1. The fraction of sp³-hybridized carbons (Fsp3) is 0.643. The van der Waals surface area contributed by atoms with Crippen LogP contribution in [0.4, 0.5) is 10.6 Å². The predicted octanol–water partition coefficient (Wildman–Crippen LogP) is 0.853. The van der Waals surface area contributed by atoms with Gasteiger partial charge in [0.1, 0.15) is 0 Å². The Morgan fingerprint density at radius 1 is 1.22 bits per heavy atom. The van der Waals surface area contributed by atoms with E-state index in [9.17, 15) is 13.2 Å². The molecule has 1 aliphatic carbocycles. The van der Waals surface area contributed by atoms with Crippen molar-refractivity contribution in [3.63, 3.8) is 0 Å². The molecule has 1 aliphatic heterocycles. The lowest BCUT2D eigenvalue weighted by Crippen LogP contribution is -2.52. The molecule has 0 aromatic carbocycles. The molecule has 2 amide bonds. The minimum Gasteiger partial charge on any atom is -0.322 e. The number of aromatic nitrogens is 2. The standard InChI is InChI=1S/C14H21N5O3S/c1-2-23(21,22)19-9-7-18(8-10-19)14(20)15-13-6-5-12(16-17-13)11-3-4-11/h5-6,11H,2-4,7-10H2,1H3,(H,15,17,20). The van der Waals surface area contributed by atoms with E-state index in [1.165, 1.54) is 4.31 Å². The number of nitrogens with one attached hydrogen (secondary N) is 1. The number of nitrogens with zero attached hydrogens (tertiary/aromatic N) is 4. The van der Waals surface area contributed by atoms with Crippen LogP contribution in [0.2, 0.25) is 0 Å². The van der Waals surface area contributed by atoms with Gasteiger partial charge in [0, 0.05) is 32.1 Å². The fourth-order valence-electron chi connectivity index (χ4n) is 2.55. The molecule has 126 valence electrons. The summed E-state index contributed by atoms with van der Waals surface area (Å²) in [7, 11) is -3.18. The Bertz CT molecular complexity index is 664. The zero-order valence-corrected chi connectivity index (χ0v) is 13.9. The Balaban J connectivity index is 1.53. The van der Waals surface area contributed by atoms with E-state index < -0.39 is 10.0 Å². The Labute approximate surface area is 135 Å². The van der Waals surface area contributed by atoms with Gasteiger partial charge in [-0.3, -0.25) is 5.32 Å². The van der Waals surface area contributed by atoms with Crippen LogP contribution in [0.1, 0.15) is 31.4 Å². The van der Waals surface area contributed by atoms with Gasteiger partial charge in [-0.05, 0) is 31.9 Å². The highest BCUT2D eigenvalue weighted by Gasteiger charge is 2.28. The zero-order chi connectivity index (χ0) is 16.4. The van der Waals surface area contributed by atoms with Crippen molar-refractivity contribution in [2.75, 3.05) is 37.2 Å². The van der Waals surface area contributed by atoms with E-state index >= 15 is 0 Å². The molecule has 0 spiro atoms. The second-order valence-electron chi connectivity index (χ2n) is 5.83. The molecule has 1 aromatic rings. The highest BCUT2D eigenvalue weighted by Crippen LogP contribution is 2.38. The van der Waals surface area contributed by atoms with Gasteiger partial charge in [-0.2, -0.15) is 9.40 Å². The molecule has 9 heteroatoms. The van der Waals surface area contributed by atoms with Crippen molar-refractivity contribution < 1.29 is 13.2 Å². The Morgan fingerprint density at radius 2 is 1.91 bits per heavy atom. The molecule has 0 unspecified atom stereocenters. The summed E-state index contributed by atoms with van der Waals surface area (Å²) in [6.07, 6.45) is 2.32. The number of anilines is 1. The summed E-state index contributed by atoms with van der Waals surface area (Å²) in [4.78, 5) is 13.8. The molecular formula is C14H21N5O3S. The summed E-state index contributed by atoms with van der Waals surface area (Å²) in [5, 5.41) is 10.9. The van der Waals surface area contributed by atoms with Crippen LogP contribution in [0.3, 0.4) is 0 Å². The van der Waals surface area contributed by atoms with Gasteiger partial charge in [0.05, 0.1) is 11.4 Å². The molecule has 8 nitrogen and oxygen atoms in total. The lowest BCUT2D eigenvalue weighted by Gasteiger charge is -2.33. The number of hydrogen-bond acceptors (Lipinski definition) is 5. The molecule has 1 saturated heterocycles. The van der Waals surface area contributed by atoms with E-state index in [2.05, 4.69) is 15.5 Å². The molecule has 1 saturated carbocycles. The number of hydrogen-bond donors (Lipinski definition) is 1. The summed E-state index contributed by atoms with van der Waals surface area (Å²) in [6.45, 7) is 3.03. The van der Waals surface area contributed by atoms with Crippen LogP contribution in [0.25, 0.3) is 0 Å². The van der Waals surface area contributed by atoms with Crippen LogP contribution in [0.15, 0.2) is 12.1 Å². The van der Waals surface area contributed by atoms with Gasteiger partial charge >= 0.3 is 6.03 Å². The summed E-state index contributed by atoms with van der Waals surface area (Å²) >= 11 is 0. The Morgan fingerprint density at radius 3 is 2.43 bits per heavy atom. The summed E-state index contributed by atoms with van der Waals surface area (Å²) in [5.74, 6) is 1.03. The highest BCUT2D eigenvalue weighted by atomic mass is 32.2. The average Bonchev–Trinajstić information content (AvgIpc) is 3.40. The van der Waals surface area contributed by atoms with Crippen molar-refractivity contribution in [2.24, 2.45) is 0 Å². The maximum atomic E-state index is 12.2. The van der Waals surface area contributed by atoms with E-state index in [1.54, 1.807) is 17.9 Å². The number of carbonyl (C=O) groups is 1. The summed E-state index contributed by atoms with van der Waals surface area (Å²) in [6, 6.07) is 3.38. The molecule has 0 atom stereocenters. The molecule has 2 heterocycles. The third-order valence-corrected chi connectivity index (χ3v) is 6.08. The summed E-state index contributed by atoms with van der Waals surface area (Å²) < 4.78 is 25.0. The van der Waals surface area contributed by atoms with Gasteiger partial charge < -0.3 is 4.90 Å². The van der Waals surface area contributed by atoms with E-state index in [-0.39, 0.29) is 11.8 Å². The smallest absolute Gasteiger partial charge is 0.322 e. The van der Waals surface area contributed by atoms with Gasteiger partial charge in [-0.15, -0.1) is 5.10 Å². The molecular weight excluding hydrogens is 318 g/mol. The normalized spacial score (nSPS) is 19.6. The van der Waals surface area contributed by atoms with Crippen molar-refractivity contribution in [3.8, 4) is 0 Å². The maximum absolute atomic E-state index is 12.2. The zero-order valence-electron chi connectivity index (χ0n) is 13.1. The van der Waals surface area contributed by atoms with Crippen molar-refractivity contribution in [2.45, 2.75) is 25.7 Å². The topological polar surface area (TPSA) is 95.5 Å². The van der Waals surface area contributed by atoms with E-state index in [1.807, 2.05) is 6.07 Å². The van der Waals surface area contributed by atoms with Crippen LogP contribution < -0.4 is 5.32 Å². The SMILES string of the molecule is CCS(=O)(=O)N1CCN(C(=O)Nc2ccc(C3CC3)nn2)CC1. The third-order valence-electron chi connectivity index (χ3n) is 4.20. The Kier molecular flexibility index (Phi) is 4.49. The molecule has 1 aromatic heterocycles. The molecule has 2 fully saturated rings. The number of sulfonamides is 1. The second-order valence-corrected chi connectivity index (χ2v) is 8.09. The average molecular weight is 339 g/mol.